The summed E-state index contributed by atoms with van der Waals surface area (Å²) in [5, 5.41) is 5.37. The second-order valence-corrected chi connectivity index (χ2v) is 6.09. The predicted octanol–water partition coefficient (Wildman–Crippen LogP) is 3.16. The van der Waals surface area contributed by atoms with Gasteiger partial charge in [0.15, 0.2) is 0 Å². The molecule has 0 aliphatic rings. The van der Waals surface area contributed by atoms with E-state index in [-0.39, 0.29) is 43.0 Å². The lowest BCUT2D eigenvalue weighted by Gasteiger charge is -2.21. The van der Waals surface area contributed by atoms with Gasteiger partial charge >= 0.3 is 0 Å². The summed E-state index contributed by atoms with van der Waals surface area (Å²) in [6.07, 6.45) is 0.0848. The summed E-state index contributed by atoms with van der Waals surface area (Å²) in [5.74, 6) is -1.05. The molecule has 0 unspecified atom stereocenters. The zero-order valence-electron chi connectivity index (χ0n) is 15.3. The van der Waals surface area contributed by atoms with E-state index in [1.54, 1.807) is 42.5 Å². The molecule has 0 aliphatic carbocycles. The molecule has 0 fully saturated rings. The average Bonchev–Trinajstić information content (AvgIpc) is 2.61. The Morgan fingerprint density at radius 1 is 0.926 bits per heavy atom. The first-order valence-corrected chi connectivity index (χ1v) is 8.51. The molecule has 0 radical (unpaired) electrons. The van der Waals surface area contributed by atoms with Crippen molar-refractivity contribution in [2.24, 2.45) is 0 Å². The highest BCUT2D eigenvalue weighted by Gasteiger charge is 2.14. The molecule has 3 amide bonds. The van der Waals surface area contributed by atoms with Crippen LogP contribution in [0.3, 0.4) is 0 Å². The first-order valence-electron chi connectivity index (χ1n) is 8.51. The van der Waals surface area contributed by atoms with Gasteiger partial charge in [-0.25, -0.2) is 4.39 Å². The van der Waals surface area contributed by atoms with Crippen molar-refractivity contribution < 1.29 is 18.8 Å². The lowest BCUT2D eigenvalue weighted by atomic mass is 10.2. The maximum absolute atomic E-state index is 13.8. The molecule has 2 N–H and O–H groups in total. The first-order chi connectivity index (χ1) is 12.8. The molecule has 0 atom stereocenters. The number of halogens is 1. The highest BCUT2D eigenvalue weighted by atomic mass is 19.1. The van der Waals surface area contributed by atoms with Crippen molar-refractivity contribution in [1.82, 2.24) is 4.90 Å². The number of amides is 3. The van der Waals surface area contributed by atoms with Crippen LogP contribution in [0.5, 0.6) is 0 Å². The van der Waals surface area contributed by atoms with E-state index in [2.05, 4.69) is 10.6 Å². The fourth-order valence-electron chi connectivity index (χ4n) is 2.48. The maximum Gasteiger partial charge on any atom is 0.226 e. The molecule has 0 saturated carbocycles. The van der Waals surface area contributed by atoms with Crippen molar-refractivity contribution >= 4 is 29.1 Å². The quantitative estimate of drug-likeness (QED) is 0.785. The van der Waals surface area contributed by atoms with Crippen LogP contribution in [0.15, 0.2) is 48.5 Å². The van der Waals surface area contributed by atoms with Crippen LogP contribution in [0.2, 0.25) is 0 Å². The van der Waals surface area contributed by atoms with E-state index in [1.807, 2.05) is 0 Å². The Bertz CT molecular complexity index is 821. The van der Waals surface area contributed by atoms with Gasteiger partial charge in [-0.2, -0.15) is 0 Å². The molecule has 0 bridgehead atoms. The van der Waals surface area contributed by atoms with Gasteiger partial charge < -0.3 is 15.5 Å². The Labute approximate surface area is 157 Å². The van der Waals surface area contributed by atoms with E-state index in [0.29, 0.717) is 16.9 Å². The number of carbonyl (C=O) groups excluding carboxylic acids is 3. The maximum atomic E-state index is 13.8. The molecule has 0 aliphatic heterocycles. The minimum Gasteiger partial charge on any atom is -0.338 e. The summed E-state index contributed by atoms with van der Waals surface area (Å²) in [7, 11) is 0. The summed E-state index contributed by atoms with van der Waals surface area (Å²) < 4.78 is 13.8. The van der Waals surface area contributed by atoms with Crippen molar-refractivity contribution in [1.29, 1.82) is 0 Å². The lowest BCUT2D eigenvalue weighted by Crippen LogP contribution is -2.31. The second kappa shape index (κ2) is 9.47. The van der Waals surface area contributed by atoms with Crippen molar-refractivity contribution in [2.45, 2.75) is 26.8 Å². The van der Waals surface area contributed by atoms with Crippen molar-refractivity contribution in [3.05, 3.63) is 59.9 Å². The third kappa shape index (κ3) is 6.54. The summed E-state index contributed by atoms with van der Waals surface area (Å²) in [5.41, 5.74) is 1.62. The van der Waals surface area contributed by atoms with E-state index in [9.17, 15) is 18.8 Å². The molecule has 2 aromatic rings. The van der Waals surface area contributed by atoms with Crippen molar-refractivity contribution in [3.63, 3.8) is 0 Å². The Morgan fingerprint density at radius 3 is 2.07 bits per heavy atom. The van der Waals surface area contributed by atoms with Crippen LogP contribution in [0, 0.1) is 5.82 Å². The highest BCUT2D eigenvalue weighted by molar-refractivity contribution is 5.92. The predicted molar refractivity (Wildman–Crippen MR) is 101 cm³/mol. The molecule has 0 saturated heterocycles. The van der Waals surface area contributed by atoms with Crippen molar-refractivity contribution in [3.8, 4) is 0 Å². The summed E-state index contributed by atoms with van der Waals surface area (Å²) in [6.45, 7) is 3.09. The van der Waals surface area contributed by atoms with Gasteiger partial charge in [0.2, 0.25) is 17.7 Å². The number of rotatable bonds is 7. The standard InChI is InChI=1S/C20H22FN3O3/c1-14(25)22-17-7-9-18(10-8-17)23-20(27)11-12-24(15(2)26)13-16-5-3-4-6-19(16)21/h3-10H,11-13H2,1-2H3,(H,22,25)(H,23,27). The number of anilines is 2. The van der Waals surface area contributed by atoms with E-state index in [0.717, 1.165) is 0 Å². The van der Waals surface area contributed by atoms with E-state index >= 15 is 0 Å². The molecule has 27 heavy (non-hydrogen) atoms. The second-order valence-electron chi connectivity index (χ2n) is 6.09. The smallest absolute Gasteiger partial charge is 0.226 e. The Balaban J connectivity index is 1.89. The molecule has 6 nitrogen and oxygen atoms in total. The number of carbonyl (C=O) groups is 3. The average molecular weight is 371 g/mol. The largest absolute Gasteiger partial charge is 0.338 e. The van der Waals surface area contributed by atoms with Crippen LogP contribution in [0.4, 0.5) is 15.8 Å². The number of hydrogen-bond acceptors (Lipinski definition) is 3. The van der Waals surface area contributed by atoms with Crippen LogP contribution in [-0.2, 0) is 20.9 Å². The van der Waals surface area contributed by atoms with Crippen LogP contribution in [0.25, 0.3) is 0 Å². The molecule has 142 valence electrons. The minimum absolute atomic E-state index is 0.0848. The van der Waals surface area contributed by atoms with Gasteiger partial charge in [-0.3, -0.25) is 14.4 Å². The van der Waals surface area contributed by atoms with E-state index < -0.39 is 0 Å². The lowest BCUT2D eigenvalue weighted by molar-refractivity contribution is -0.130. The van der Waals surface area contributed by atoms with Crippen molar-refractivity contribution in [2.75, 3.05) is 17.2 Å². The molecular formula is C20H22FN3O3. The van der Waals surface area contributed by atoms with Crippen LogP contribution in [-0.4, -0.2) is 29.2 Å². The fourth-order valence-corrected chi connectivity index (χ4v) is 2.48. The van der Waals surface area contributed by atoms with E-state index in [1.165, 1.54) is 24.8 Å². The number of hydrogen-bond donors (Lipinski definition) is 2. The van der Waals surface area contributed by atoms with Gasteiger partial charge in [0, 0.05) is 50.3 Å². The highest BCUT2D eigenvalue weighted by Crippen LogP contribution is 2.14. The molecule has 0 spiro atoms. The molecule has 2 aromatic carbocycles. The first kappa shape index (κ1) is 20.1. The molecule has 0 heterocycles. The third-order valence-electron chi connectivity index (χ3n) is 3.86. The van der Waals surface area contributed by atoms with Gasteiger partial charge in [-0.1, -0.05) is 18.2 Å². The van der Waals surface area contributed by atoms with Crippen LogP contribution >= 0.6 is 0 Å². The number of benzene rings is 2. The summed E-state index contributed by atoms with van der Waals surface area (Å²) in [4.78, 5) is 36.3. The number of nitrogens with zero attached hydrogens (tertiary/aromatic N) is 1. The van der Waals surface area contributed by atoms with E-state index in [4.69, 9.17) is 0 Å². The van der Waals surface area contributed by atoms with Gasteiger partial charge in [-0.05, 0) is 30.3 Å². The molecule has 2 rings (SSSR count). The minimum atomic E-state index is -0.382. The summed E-state index contributed by atoms with van der Waals surface area (Å²) >= 11 is 0. The van der Waals surface area contributed by atoms with Gasteiger partial charge in [0.25, 0.3) is 0 Å². The third-order valence-corrected chi connectivity index (χ3v) is 3.86. The normalized spacial score (nSPS) is 10.2. The fraction of sp³-hybridized carbons (Fsp3) is 0.250. The zero-order valence-corrected chi connectivity index (χ0v) is 15.3. The zero-order chi connectivity index (χ0) is 19.8. The van der Waals surface area contributed by atoms with Gasteiger partial charge in [0.05, 0.1) is 0 Å². The van der Waals surface area contributed by atoms with Gasteiger partial charge in [0.1, 0.15) is 5.82 Å². The Hall–Kier alpha value is -3.22. The molecule has 7 heteroatoms. The Kier molecular flexibility index (Phi) is 7.05. The van der Waals surface area contributed by atoms with Crippen LogP contribution in [0.1, 0.15) is 25.8 Å². The Morgan fingerprint density at radius 2 is 1.52 bits per heavy atom. The van der Waals surface area contributed by atoms with Crippen LogP contribution < -0.4 is 10.6 Å². The number of nitrogens with one attached hydrogen (secondary N) is 2. The monoisotopic (exact) mass is 371 g/mol. The molecular weight excluding hydrogens is 349 g/mol. The molecule has 0 aromatic heterocycles. The summed E-state index contributed by atoms with van der Waals surface area (Å²) in [6, 6.07) is 12.9. The topological polar surface area (TPSA) is 78.5 Å². The van der Waals surface area contributed by atoms with Gasteiger partial charge in [-0.15, -0.1) is 0 Å². The SMILES string of the molecule is CC(=O)Nc1ccc(NC(=O)CCN(Cc2ccccc2F)C(C)=O)cc1.